The van der Waals surface area contributed by atoms with Gasteiger partial charge in [-0.1, -0.05) is 30.3 Å². The zero-order chi connectivity index (χ0) is 23.5. The topological polar surface area (TPSA) is 92.2 Å². The minimum atomic E-state index is -0.348. The largest absolute Gasteiger partial charge is 0.497 e. The minimum absolute atomic E-state index is 0.126. The van der Waals surface area contributed by atoms with E-state index in [2.05, 4.69) is 49.5 Å². The monoisotopic (exact) mass is 459 g/mol. The lowest BCUT2D eigenvalue weighted by molar-refractivity contribution is 0.121. The van der Waals surface area contributed by atoms with Crippen molar-refractivity contribution in [1.29, 1.82) is 0 Å². The van der Waals surface area contributed by atoms with Gasteiger partial charge in [-0.2, -0.15) is 0 Å². The average molecular weight is 460 g/mol. The van der Waals surface area contributed by atoms with Gasteiger partial charge in [0.05, 0.1) is 7.11 Å². The number of nitrogens with zero attached hydrogens (tertiary/aromatic N) is 6. The smallest absolute Gasteiger partial charge is 0.253 e. The van der Waals surface area contributed by atoms with Gasteiger partial charge in [0.25, 0.3) is 5.56 Å². The third-order valence-corrected chi connectivity index (χ3v) is 6.54. The number of aromatic amines is 1. The number of likely N-dealkylation sites (N-methyl/N-ethyl adjacent to an activating group) is 1. The molecule has 0 radical (unpaired) electrons. The lowest BCUT2D eigenvalue weighted by Gasteiger charge is -2.37. The van der Waals surface area contributed by atoms with Crippen LogP contribution in [0.4, 0.5) is 0 Å². The van der Waals surface area contributed by atoms with Gasteiger partial charge in [-0.25, -0.2) is 4.68 Å². The van der Waals surface area contributed by atoms with E-state index >= 15 is 0 Å². The fourth-order valence-electron chi connectivity index (χ4n) is 4.56. The number of nitrogens with one attached hydrogen (secondary N) is 1. The third kappa shape index (κ3) is 4.57. The molecule has 0 bridgehead atoms. The number of ether oxygens (including phenoxy) is 1. The highest BCUT2D eigenvalue weighted by Gasteiger charge is 2.32. The second kappa shape index (κ2) is 9.74. The number of methoxy groups -OCH3 is 1. The van der Waals surface area contributed by atoms with E-state index < -0.39 is 0 Å². The quantitative estimate of drug-likeness (QED) is 0.452. The maximum Gasteiger partial charge on any atom is 0.253 e. The zero-order valence-corrected chi connectivity index (χ0v) is 19.5. The number of hydrogen-bond acceptors (Lipinski definition) is 7. The number of aryl methyl sites for hydroxylation is 2. The van der Waals surface area contributed by atoms with Crippen LogP contribution < -0.4 is 10.3 Å². The van der Waals surface area contributed by atoms with Gasteiger partial charge in [-0.05, 0) is 53.7 Å². The molecule has 1 fully saturated rings. The van der Waals surface area contributed by atoms with Crippen molar-refractivity contribution in [3.63, 3.8) is 0 Å². The summed E-state index contributed by atoms with van der Waals surface area (Å²) >= 11 is 0. The molecule has 1 unspecified atom stereocenters. The van der Waals surface area contributed by atoms with Gasteiger partial charge in [0.15, 0.2) is 5.82 Å². The third-order valence-electron chi connectivity index (χ3n) is 6.54. The van der Waals surface area contributed by atoms with Crippen LogP contribution in [0.15, 0.2) is 59.4 Å². The Kier molecular flexibility index (Phi) is 6.37. The van der Waals surface area contributed by atoms with Gasteiger partial charge in [0, 0.05) is 49.2 Å². The molecule has 0 amide bonds. The van der Waals surface area contributed by atoms with Crippen LogP contribution in [-0.4, -0.2) is 75.3 Å². The van der Waals surface area contributed by atoms with Crippen molar-refractivity contribution < 1.29 is 4.74 Å². The van der Waals surface area contributed by atoms with Crippen LogP contribution in [0.1, 0.15) is 23.0 Å². The van der Waals surface area contributed by atoms with Crippen LogP contribution in [0.25, 0.3) is 10.9 Å². The van der Waals surface area contributed by atoms with Crippen LogP contribution in [0.3, 0.4) is 0 Å². The molecule has 2 aromatic carbocycles. The van der Waals surface area contributed by atoms with Gasteiger partial charge < -0.3 is 14.6 Å². The van der Waals surface area contributed by atoms with Crippen molar-refractivity contribution in [3.8, 4) is 5.75 Å². The standard InChI is InChI=1S/C25H29N7O2/c1-30-12-14-31(15-13-30)23(21-17-19-16-20(34-2)8-9-22(19)26-25(21)33)24-27-28-29-32(24)11-10-18-6-4-3-5-7-18/h3-9,16-17,23H,10-15H2,1-2H3,(H,26,33). The maximum atomic E-state index is 13.3. The van der Waals surface area contributed by atoms with E-state index in [-0.39, 0.29) is 11.6 Å². The van der Waals surface area contributed by atoms with Crippen molar-refractivity contribution in [1.82, 2.24) is 35.0 Å². The average Bonchev–Trinajstić information content (AvgIpc) is 3.33. The summed E-state index contributed by atoms with van der Waals surface area (Å²) in [6, 6.07) is 17.5. The fourth-order valence-corrected chi connectivity index (χ4v) is 4.56. The van der Waals surface area contributed by atoms with E-state index in [4.69, 9.17) is 4.74 Å². The molecule has 1 N–H and O–H groups in total. The van der Waals surface area contributed by atoms with E-state index in [0.717, 1.165) is 49.3 Å². The molecular formula is C25H29N7O2. The molecule has 0 saturated carbocycles. The molecule has 0 aliphatic carbocycles. The van der Waals surface area contributed by atoms with Gasteiger partial charge in [-0.15, -0.1) is 5.10 Å². The van der Waals surface area contributed by atoms with Crippen LogP contribution in [0.2, 0.25) is 0 Å². The lowest BCUT2D eigenvalue weighted by atomic mass is 10.0. The Hall–Kier alpha value is -3.56. The molecule has 9 heteroatoms. The molecule has 1 saturated heterocycles. The predicted octanol–water partition coefficient (Wildman–Crippen LogP) is 2.10. The number of benzene rings is 2. The minimum Gasteiger partial charge on any atom is -0.497 e. The van der Waals surface area contributed by atoms with Crippen LogP contribution >= 0.6 is 0 Å². The summed E-state index contributed by atoms with van der Waals surface area (Å²) in [5.41, 5.74) is 2.51. The molecular weight excluding hydrogens is 430 g/mol. The van der Waals surface area contributed by atoms with Gasteiger partial charge >= 0.3 is 0 Å². The number of rotatable bonds is 7. The Morgan fingerprint density at radius 1 is 1.06 bits per heavy atom. The fraction of sp³-hybridized carbons (Fsp3) is 0.360. The summed E-state index contributed by atoms with van der Waals surface area (Å²) in [5, 5.41) is 13.6. The first-order valence-corrected chi connectivity index (χ1v) is 11.6. The first kappa shape index (κ1) is 22.2. The number of hydrogen-bond donors (Lipinski definition) is 1. The lowest BCUT2D eigenvalue weighted by Crippen LogP contribution is -2.47. The molecule has 1 atom stereocenters. The molecule has 5 rings (SSSR count). The summed E-state index contributed by atoms with van der Waals surface area (Å²) in [7, 11) is 3.76. The maximum absolute atomic E-state index is 13.3. The van der Waals surface area contributed by atoms with Gasteiger partial charge in [-0.3, -0.25) is 9.69 Å². The predicted molar refractivity (Wildman–Crippen MR) is 130 cm³/mol. The molecule has 2 aromatic heterocycles. The summed E-state index contributed by atoms with van der Waals surface area (Å²) in [5.74, 6) is 1.43. The molecule has 176 valence electrons. The molecule has 4 aromatic rings. The normalized spacial score (nSPS) is 16.1. The Bertz CT molecular complexity index is 1310. The highest BCUT2D eigenvalue weighted by Crippen LogP contribution is 2.28. The number of tetrazole rings is 1. The van der Waals surface area contributed by atoms with Crippen LogP contribution in [-0.2, 0) is 13.0 Å². The Labute approximate surface area is 198 Å². The molecule has 9 nitrogen and oxygen atoms in total. The van der Waals surface area contributed by atoms with Crippen molar-refractivity contribution in [2.75, 3.05) is 40.3 Å². The van der Waals surface area contributed by atoms with E-state index in [1.807, 2.05) is 47.1 Å². The molecule has 34 heavy (non-hydrogen) atoms. The Balaban J connectivity index is 1.56. The van der Waals surface area contributed by atoms with Crippen molar-refractivity contribution in [2.24, 2.45) is 0 Å². The number of piperazine rings is 1. The Morgan fingerprint density at radius 3 is 2.62 bits per heavy atom. The number of aromatic nitrogens is 5. The second-order valence-electron chi connectivity index (χ2n) is 8.74. The van der Waals surface area contributed by atoms with Crippen molar-refractivity contribution in [2.45, 2.75) is 19.0 Å². The zero-order valence-electron chi connectivity index (χ0n) is 19.5. The van der Waals surface area contributed by atoms with Gasteiger partial charge in [0.1, 0.15) is 11.8 Å². The molecule has 1 aliphatic rings. The summed E-state index contributed by atoms with van der Waals surface area (Å²) in [6.07, 6.45) is 0.805. The highest BCUT2D eigenvalue weighted by atomic mass is 16.5. The first-order valence-electron chi connectivity index (χ1n) is 11.6. The van der Waals surface area contributed by atoms with Crippen LogP contribution in [0.5, 0.6) is 5.75 Å². The number of fused-ring (bicyclic) bond motifs is 1. The summed E-state index contributed by atoms with van der Waals surface area (Å²) < 4.78 is 7.24. The molecule has 1 aliphatic heterocycles. The number of pyridine rings is 1. The number of H-pyrrole nitrogens is 1. The first-order chi connectivity index (χ1) is 16.6. The SMILES string of the molecule is COc1ccc2[nH]c(=O)c(C(c3nnnn3CCc3ccccc3)N3CCN(C)CC3)cc2c1. The van der Waals surface area contributed by atoms with E-state index in [1.165, 1.54) is 5.56 Å². The van der Waals surface area contributed by atoms with Crippen molar-refractivity contribution in [3.05, 3.63) is 81.9 Å². The van der Waals surface area contributed by atoms with Crippen LogP contribution in [0, 0.1) is 0 Å². The van der Waals surface area contributed by atoms with Gasteiger partial charge in [0.2, 0.25) is 0 Å². The summed E-state index contributed by atoms with van der Waals surface area (Å²) in [4.78, 5) is 21.0. The molecule has 3 heterocycles. The van der Waals surface area contributed by atoms with Crippen molar-refractivity contribution >= 4 is 10.9 Å². The second-order valence-corrected chi connectivity index (χ2v) is 8.74. The Morgan fingerprint density at radius 2 is 1.85 bits per heavy atom. The van der Waals surface area contributed by atoms with E-state index in [9.17, 15) is 4.79 Å². The van der Waals surface area contributed by atoms with E-state index in [0.29, 0.717) is 17.9 Å². The highest BCUT2D eigenvalue weighted by molar-refractivity contribution is 5.80. The van der Waals surface area contributed by atoms with E-state index in [1.54, 1.807) is 7.11 Å². The summed E-state index contributed by atoms with van der Waals surface area (Å²) in [6.45, 7) is 4.11. The molecule has 0 spiro atoms.